The van der Waals surface area contributed by atoms with Gasteiger partial charge in [-0.2, -0.15) is 4.57 Å². The van der Waals surface area contributed by atoms with E-state index in [1.165, 1.54) is 10.6 Å². The highest BCUT2D eigenvalue weighted by atomic mass is 15.2. The van der Waals surface area contributed by atoms with Gasteiger partial charge in [0.2, 0.25) is 0 Å². The molecule has 0 bridgehead atoms. The van der Waals surface area contributed by atoms with E-state index in [2.05, 4.69) is 0 Å². The maximum absolute atomic E-state index is 8.46. The molecular formula is C26H35N2+. The fraction of sp³-hybridized carbons (Fsp3) is 0.423. The van der Waals surface area contributed by atoms with Crippen LogP contribution in [0.5, 0.6) is 0 Å². The van der Waals surface area contributed by atoms with Gasteiger partial charge >= 0.3 is 0 Å². The number of aryl methyl sites for hydroxylation is 2. The minimum atomic E-state index is -2.75. The summed E-state index contributed by atoms with van der Waals surface area (Å²) in [5, 5.41) is 0. The van der Waals surface area contributed by atoms with Crippen molar-refractivity contribution >= 4 is 0 Å². The number of para-hydroxylation sites is 1. The summed E-state index contributed by atoms with van der Waals surface area (Å²) in [5.74, 6) is 0.421. The van der Waals surface area contributed by atoms with E-state index in [-0.39, 0.29) is 28.8 Å². The zero-order valence-corrected chi connectivity index (χ0v) is 17.5. The third kappa shape index (κ3) is 3.30. The van der Waals surface area contributed by atoms with Gasteiger partial charge < -0.3 is 0 Å². The summed E-state index contributed by atoms with van der Waals surface area (Å²) in [5.41, 5.74) is 3.22. The van der Waals surface area contributed by atoms with E-state index in [1.807, 2.05) is 45.9 Å². The van der Waals surface area contributed by atoms with Gasteiger partial charge in [-0.3, -0.25) is 0 Å². The molecule has 3 aromatic rings. The Morgan fingerprint density at radius 3 is 2.11 bits per heavy atom. The van der Waals surface area contributed by atoms with Crippen LogP contribution in [0.2, 0.25) is 0 Å². The molecule has 0 aliphatic heterocycles. The van der Waals surface area contributed by atoms with E-state index in [9.17, 15) is 0 Å². The van der Waals surface area contributed by atoms with Gasteiger partial charge in [-0.15, -0.1) is 0 Å². The standard InChI is InChI=1S/C26H35N2/c1-16(2)22-11-10-12-23(17(3)4)25(22)28-21(8)20(7)27(9)26(28)24-14-13-18(5)15-19(24)6/h10-17H,1-9H3/q+1/i5D3,7D3,8D3. The molecule has 0 N–H and O–H groups in total. The molecule has 0 radical (unpaired) electrons. The molecule has 2 aromatic carbocycles. The Morgan fingerprint density at radius 2 is 1.61 bits per heavy atom. The van der Waals surface area contributed by atoms with E-state index in [0.29, 0.717) is 22.6 Å². The third-order valence-corrected chi connectivity index (χ3v) is 5.35. The highest BCUT2D eigenvalue weighted by molar-refractivity contribution is 5.65. The van der Waals surface area contributed by atoms with Crippen LogP contribution in [-0.2, 0) is 7.05 Å². The van der Waals surface area contributed by atoms with Gasteiger partial charge in [0, 0.05) is 37.2 Å². The topological polar surface area (TPSA) is 8.81 Å². The van der Waals surface area contributed by atoms with Crippen molar-refractivity contribution in [3.8, 4) is 17.1 Å². The fourth-order valence-corrected chi connectivity index (χ4v) is 3.83. The van der Waals surface area contributed by atoms with E-state index >= 15 is 0 Å². The fourth-order valence-electron chi connectivity index (χ4n) is 3.83. The van der Waals surface area contributed by atoms with Crippen LogP contribution in [0.15, 0.2) is 36.4 Å². The second kappa shape index (κ2) is 7.58. The lowest BCUT2D eigenvalue weighted by Gasteiger charge is -2.19. The molecule has 0 fully saturated rings. The van der Waals surface area contributed by atoms with E-state index in [0.717, 1.165) is 11.1 Å². The van der Waals surface area contributed by atoms with Gasteiger partial charge in [0.1, 0.15) is 17.1 Å². The molecule has 0 unspecified atom stereocenters. The summed E-state index contributed by atoms with van der Waals surface area (Å²) in [6, 6.07) is 10.5. The number of hydrogen-bond acceptors (Lipinski definition) is 0. The number of rotatable bonds is 4. The third-order valence-electron chi connectivity index (χ3n) is 5.35. The second-order valence-corrected chi connectivity index (χ2v) is 8.04. The van der Waals surface area contributed by atoms with E-state index in [4.69, 9.17) is 12.3 Å². The Hall–Kier alpha value is -2.35. The van der Waals surface area contributed by atoms with Crippen molar-refractivity contribution in [2.24, 2.45) is 7.05 Å². The van der Waals surface area contributed by atoms with Crippen LogP contribution in [-0.4, -0.2) is 4.57 Å². The van der Waals surface area contributed by atoms with Crippen molar-refractivity contribution in [3.05, 3.63) is 70.0 Å². The smallest absolute Gasteiger partial charge is 0.229 e. The first-order chi connectivity index (χ1) is 16.8. The lowest BCUT2D eigenvalue weighted by Crippen LogP contribution is -2.33. The van der Waals surface area contributed by atoms with Crippen molar-refractivity contribution in [1.82, 2.24) is 4.57 Å². The van der Waals surface area contributed by atoms with E-state index < -0.39 is 20.6 Å². The maximum atomic E-state index is 8.46. The quantitative estimate of drug-likeness (QED) is 0.457. The predicted molar refractivity (Wildman–Crippen MR) is 120 cm³/mol. The molecule has 148 valence electrons. The molecule has 0 atom stereocenters. The van der Waals surface area contributed by atoms with Crippen molar-refractivity contribution in [2.45, 2.75) is 67.0 Å². The van der Waals surface area contributed by atoms with Crippen molar-refractivity contribution in [2.75, 3.05) is 0 Å². The molecule has 1 aromatic heterocycles. The summed E-state index contributed by atoms with van der Waals surface area (Å²) in [7, 11) is 1.56. The Balaban J connectivity index is 2.66. The summed E-state index contributed by atoms with van der Waals surface area (Å²) >= 11 is 0. The highest BCUT2D eigenvalue weighted by Gasteiger charge is 2.31. The first-order valence-corrected chi connectivity index (χ1v) is 9.68. The normalized spacial score (nSPS) is 17.8. The minimum Gasteiger partial charge on any atom is -0.229 e. The first kappa shape index (κ1) is 11.6. The molecule has 0 amide bonds. The summed E-state index contributed by atoms with van der Waals surface area (Å²) < 4.78 is 76.6. The molecule has 3 rings (SSSR count). The molecule has 0 aliphatic carbocycles. The van der Waals surface area contributed by atoms with Crippen molar-refractivity contribution in [1.29, 1.82) is 0 Å². The van der Waals surface area contributed by atoms with Crippen LogP contribution in [0.4, 0.5) is 0 Å². The molecular weight excluding hydrogens is 340 g/mol. The Bertz CT molecular complexity index is 1280. The van der Waals surface area contributed by atoms with E-state index in [1.54, 1.807) is 30.7 Å². The minimum absolute atomic E-state index is 0.0222. The van der Waals surface area contributed by atoms with Crippen LogP contribution in [0.1, 0.15) is 85.5 Å². The number of aromatic nitrogens is 2. The Morgan fingerprint density at radius 1 is 0.929 bits per heavy atom. The monoisotopic (exact) mass is 384 g/mol. The maximum Gasteiger partial charge on any atom is 0.294 e. The molecule has 0 saturated carbocycles. The van der Waals surface area contributed by atoms with Gasteiger partial charge in [-0.1, -0.05) is 63.6 Å². The number of benzene rings is 2. The van der Waals surface area contributed by atoms with Gasteiger partial charge in [-0.25, -0.2) is 4.57 Å². The summed E-state index contributed by atoms with van der Waals surface area (Å²) in [6.07, 6.45) is 0. The molecule has 0 saturated heterocycles. The SMILES string of the molecule is [2H]C([2H])([2H])c1ccc(-c2n(-c3c(C(C)C)cccc3C(C)C)c(C([2H])([2H])[2H])c(C([2H])([2H])[2H])[n+]2C)c(C)c1. The number of nitrogens with zero attached hydrogens (tertiary/aromatic N) is 2. The predicted octanol–water partition coefficient (Wildman–Crippen LogP) is 6.45. The zero-order chi connectivity index (χ0) is 28.2. The van der Waals surface area contributed by atoms with Crippen LogP contribution in [0.25, 0.3) is 17.1 Å². The lowest BCUT2D eigenvalue weighted by atomic mass is 9.92. The van der Waals surface area contributed by atoms with Gasteiger partial charge in [0.15, 0.2) is 0 Å². The van der Waals surface area contributed by atoms with Crippen LogP contribution < -0.4 is 4.57 Å². The lowest BCUT2D eigenvalue weighted by molar-refractivity contribution is -0.665. The summed E-state index contributed by atoms with van der Waals surface area (Å²) in [4.78, 5) is 0. The molecule has 0 aliphatic rings. The average molecular weight is 385 g/mol. The van der Waals surface area contributed by atoms with Crippen LogP contribution >= 0.6 is 0 Å². The van der Waals surface area contributed by atoms with Crippen LogP contribution in [0.3, 0.4) is 0 Å². The van der Waals surface area contributed by atoms with Crippen LogP contribution in [0, 0.1) is 27.5 Å². The Kier molecular flexibility index (Phi) is 3.14. The zero-order valence-electron chi connectivity index (χ0n) is 26.5. The van der Waals surface area contributed by atoms with Gasteiger partial charge in [0.25, 0.3) is 5.82 Å². The largest absolute Gasteiger partial charge is 0.294 e. The Labute approximate surface area is 183 Å². The molecule has 28 heavy (non-hydrogen) atoms. The van der Waals surface area contributed by atoms with Gasteiger partial charge in [-0.05, 0) is 37.2 Å². The average Bonchev–Trinajstić information content (AvgIpc) is 3.05. The molecule has 1 heterocycles. The van der Waals surface area contributed by atoms with Crippen molar-refractivity contribution in [3.63, 3.8) is 0 Å². The van der Waals surface area contributed by atoms with Crippen molar-refractivity contribution < 1.29 is 16.9 Å². The number of imidazole rings is 1. The highest BCUT2D eigenvalue weighted by Crippen LogP contribution is 2.36. The molecule has 2 heteroatoms. The summed E-state index contributed by atoms with van der Waals surface area (Å²) in [6.45, 7) is 2.05. The molecule has 0 spiro atoms. The second-order valence-electron chi connectivity index (χ2n) is 8.04. The molecule has 2 nitrogen and oxygen atoms in total. The first-order valence-electron chi connectivity index (χ1n) is 14.2. The van der Waals surface area contributed by atoms with Gasteiger partial charge in [0.05, 0.1) is 12.6 Å². The number of hydrogen-bond donors (Lipinski definition) is 0.